The molecule has 0 amide bonds. The maximum Gasteiger partial charge on any atom is 0.116 e. The van der Waals surface area contributed by atoms with E-state index in [1.54, 1.807) is 11.3 Å². The average Bonchev–Trinajstić information content (AvgIpc) is 3.33. The number of thioether (sulfide) groups is 1. The number of aromatic nitrogens is 1. The van der Waals surface area contributed by atoms with Crippen LogP contribution in [0.25, 0.3) is 21.7 Å². The third kappa shape index (κ3) is 4.88. The van der Waals surface area contributed by atoms with Gasteiger partial charge in [-0.15, -0.1) is 11.3 Å². The van der Waals surface area contributed by atoms with Gasteiger partial charge in [0.25, 0.3) is 0 Å². The number of hydrogen-bond donors (Lipinski definition) is 0. The van der Waals surface area contributed by atoms with Crippen molar-refractivity contribution in [2.75, 3.05) is 5.08 Å². The van der Waals surface area contributed by atoms with E-state index in [1.807, 2.05) is 84.2 Å². The van der Waals surface area contributed by atoms with Gasteiger partial charge in [-0.2, -0.15) is 5.26 Å². The van der Waals surface area contributed by atoms with Gasteiger partial charge in [-0.1, -0.05) is 78.5 Å². The molecule has 0 fully saturated rings. The van der Waals surface area contributed by atoms with Crippen LogP contribution in [0.3, 0.4) is 0 Å². The minimum Gasteiger partial charge on any atom is -0.258 e. The molecule has 0 radical (unpaired) electrons. The van der Waals surface area contributed by atoms with E-state index < -0.39 is 10.8 Å². The number of thiophene rings is 1. The van der Waals surface area contributed by atoms with E-state index in [9.17, 15) is 9.47 Å². The van der Waals surface area contributed by atoms with Crippen molar-refractivity contribution in [3.05, 3.63) is 95.4 Å². The maximum atomic E-state index is 12.6. The Kier molecular flexibility index (Phi) is 6.75. The fourth-order valence-corrected chi connectivity index (χ4v) is 6.07. The van der Waals surface area contributed by atoms with Gasteiger partial charge in [-0.3, -0.25) is 4.21 Å². The molecular weight excluding hydrogens is 428 g/mol. The monoisotopic (exact) mass is 446 g/mol. The van der Waals surface area contributed by atoms with Gasteiger partial charge in [0, 0.05) is 22.1 Å². The Balaban J connectivity index is 1.66. The predicted octanol–water partition coefficient (Wildman–Crippen LogP) is 6.35. The number of hydrogen-bond acceptors (Lipinski definition) is 5. The summed E-state index contributed by atoms with van der Waals surface area (Å²) in [4.78, 5) is 5.81. The summed E-state index contributed by atoms with van der Waals surface area (Å²) in [6, 6.07) is 28.0. The molecule has 0 aliphatic carbocycles. The molecule has 2 heterocycles. The first-order valence-corrected chi connectivity index (χ1v) is 12.7. The van der Waals surface area contributed by atoms with Crippen LogP contribution in [0.15, 0.2) is 89.3 Å². The Bertz CT molecular complexity index is 1180. The molecule has 0 spiro atoms. The zero-order valence-electron chi connectivity index (χ0n) is 16.0. The summed E-state index contributed by atoms with van der Waals surface area (Å²) in [5, 5.41) is 12.9. The lowest BCUT2D eigenvalue weighted by Crippen LogP contribution is -2.00. The highest BCUT2D eigenvalue weighted by Gasteiger charge is 2.17. The first-order valence-electron chi connectivity index (χ1n) is 9.31. The predicted molar refractivity (Wildman–Crippen MR) is 127 cm³/mol. The Morgan fingerprint density at radius 2 is 1.73 bits per heavy atom. The third-order valence-corrected chi connectivity index (χ3v) is 8.09. The van der Waals surface area contributed by atoms with Crippen LogP contribution >= 0.6 is 23.1 Å². The molecule has 0 saturated heterocycles. The highest BCUT2D eigenvalue weighted by atomic mass is 32.2. The summed E-state index contributed by atoms with van der Waals surface area (Å²) in [7, 11) is -1.06. The minimum atomic E-state index is -1.06. The average molecular weight is 447 g/mol. The Morgan fingerprint density at radius 1 is 1.00 bits per heavy atom. The molecule has 148 valence electrons. The van der Waals surface area contributed by atoms with E-state index in [0.29, 0.717) is 21.4 Å². The van der Waals surface area contributed by atoms with E-state index >= 15 is 0 Å². The minimum absolute atomic E-state index is 0.388. The van der Waals surface area contributed by atoms with Crippen LogP contribution in [-0.4, -0.2) is 14.3 Å². The molecule has 4 aromatic rings. The lowest BCUT2D eigenvalue weighted by molar-refractivity contribution is 0.685. The normalized spacial score (nSPS) is 11.7. The lowest BCUT2D eigenvalue weighted by Gasteiger charge is -2.12. The summed E-state index contributed by atoms with van der Waals surface area (Å²) in [6.45, 7) is 0. The first-order chi connectivity index (χ1) is 14.7. The second kappa shape index (κ2) is 9.86. The standard InChI is InChI=1S/C24H18N2OS3/c25-15-21-20(19-10-5-2-6-11-19)14-22(23-12-7-13-28-23)26-24(21)29-17-30(27)16-18-8-3-1-4-9-18/h1-14H,16-17H2/t30-/m1/s1. The van der Waals surface area contributed by atoms with E-state index in [2.05, 4.69) is 6.07 Å². The second-order valence-corrected chi connectivity index (χ2v) is 10.3. The van der Waals surface area contributed by atoms with Gasteiger partial charge in [0.1, 0.15) is 11.1 Å². The van der Waals surface area contributed by atoms with Crippen LogP contribution in [0.1, 0.15) is 11.1 Å². The quantitative estimate of drug-likeness (QED) is 0.311. The summed E-state index contributed by atoms with van der Waals surface area (Å²) in [6.07, 6.45) is 0. The van der Waals surface area contributed by atoms with Crippen molar-refractivity contribution in [3.8, 4) is 27.8 Å². The van der Waals surface area contributed by atoms with Gasteiger partial charge in [0.15, 0.2) is 0 Å². The fourth-order valence-electron chi connectivity index (χ4n) is 3.05. The summed E-state index contributed by atoms with van der Waals surface area (Å²) in [5.41, 5.74) is 4.24. The van der Waals surface area contributed by atoms with Crippen molar-refractivity contribution < 1.29 is 4.21 Å². The molecule has 3 nitrogen and oxygen atoms in total. The van der Waals surface area contributed by atoms with Gasteiger partial charge in [-0.25, -0.2) is 4.98 Å². The Hall–Kier alpha value is -2.72. The van der Waals surface area contributed by atoms with E-state index in [4.69, 9.17) is 4.98 Å². The molecule has 0 aliphatic rings. The number of benzene rings is 2. The molecule has 0 aliphatic heterocycles. The van der Waals surface area contributed by atoms with Crippen molar-refractivity contribution in [1.29, 1.82) is 5.26 Å². The largest absolute Gasteiger partial charge is 0.258 e. The lowest BCUT2D eigenvalue weighted by atomic mass is 10.0. The van der Waals surface area contributed by atoms with Gasteiger partial charge >= 0.3 is 0 Å². The van der Waals surface area contributed by atoms with Crippen molar-refractivity contribution in [3.63, 3.8) is 0 Å². The van der Waals surface area contributed by atoms with Gasteiger partial charge < -0.3 is 0 Å². The van der Waals surface area contributed by atoms with Crippen LogP contribution in [0.2, 0.25) is 0 Å². The van der Waals surface area contributed by atoms with Crippen LogP contribution in [0.5, 0.6) is 0 Å². The van der Waals surface area contributed by atoms with Crippen LogP contribution in [0, 0.1) is 11.3 Å². The van der Waals surface area contributed by atoms with Crippen LogP contribution in [-0.2, 0) is 16.6 Å². The van der Waals surface area contributed by atoms with Gasteiger partial charge in [0.05, 0.1) is 21.2 Å². The molecule has 1 atom stereocenters. The van der Waals surface area contributed by atoms with Crippen LogP contribution < -0.4 is 0 Å². The SMILES string of the molecule is N#Cc1c(-c2ccccc2)cc(-c2cccs2)nc1SC[S@](=O)Cc1ccccc1. The Morgan fingerprint density at radius 3 is 2.40 bits per heavy atom. The molecule has 0 N–H and O–H groups in total. The summed E-state index contributed by atoms with van der Waals surface area (Å²) < 4.78 is 12.6. The zero-order valence-corrected chi connectivity index (χ0v) is 18.5. The van der Waals surface area contributed by atoms with Crippen molar-refractivity contribution in [2.45, 2.75) is 10.8 Å². The maximum absolute atomic E-state index is 12.6. The molecule has 6 heteroatoms. The third-order valence-electron chi connectivity index (χ3n) is 4.45. The zero-order chi connectivity index (χ0) is 20.8. The molecule has 0 unspecified atom stereocenters. The molecule has 2 aromatic carbocycles. The number of nitriles is 1. The van der Waals surface area contributed by atoms with E-state index in [0.717, 1.165) is 27.3 Å². The highest BCUT2D eigenvalue weighted by Crippen LogP contribution is 2.35. The summed E-state index contributed by atoms with van der Waals surface area (Å²) >= 11 is 3.00. The number of pyridine rings is 1. The number of rotatable bonds is 7. The topological polar surface area (TPSA) is 53.8 Å². The fraction of sp³-hybridized carbons (Fsp3) is 0.0833. The molecule has 2 aromatic heterocycles. The second-order valence-electron chi connectivity index (χ2n) is 6.52. The highest BCUT2D eigenvalue weighted by molar-refractivity contribution is 8.10. The van der Waals surface area contributed by atoms with Gasteiger partial charge in [0.2, 0.25) is 0 Å². The molecule has 4 rings (SSSR count). The smallest absolute Gasteiger partial charge is 0.116 e. The molecule has 0 saturated carbocycles. The van der Waals surface area contributed by atoms with Crippen LogP contribution in [0.4, 0.5) is 0 Å². The van der Waals surface area contributed by atoms with E-state index in [1.165, 1.54) is 11.8 Å². The molecular formula is C24H18N2OS3. The number of nitrogens with zero attached hydrogens (tertiary/aromatic N) is 2. The first kappa shape index (κ1) is 20.5. The van der Waals surface area contributed by atoms with Crippen molar-refractivity contribution in [1.82, 2.24) is 4.98 Å². The molecule has 30 heavy (non-hydrogen) atoms. The van der Waals surface area contributed by atoms with Crippen molar-refractivity contribution >= 4 is 33.9 Å². The molecule has 0 bridgehead atoms. The van der Waals surface area contributed by atoms with Gasteiger partial charge in [-0.05, 0) is 28.6 Å². The summed E-state index contributed by atoms with van der Waals surface area (Å²) in [5.74, 6) is 0.492. The van der Waals surface area contributed by atoms with E-state index in [-0.39, 0.29) is 0 Å². The van der Waals surface area contributed by atoms with Crippen molar-refractivity contribution in [2.24, 2.45) is 0 Å². The Labute approximate surface area is 186 Å².